The van der Waals surface area contributed by atoms with Crippen LogP contribution in [0.1, 0.15) is 66.6 Å². The quantitative estimate of drug-likeness (QED) is 0.142. The minimum Gasteiger partial charge on any atom is -0.465 e. The van der Waals surface area contributed by atoms with Gasteiger partial charge < -0.3 is 30.5 Å². The molecular weight excluding hydrogens is 590 g/mol. The molecular formula is C36H46ClN3O5. The third-order valence-corrected chi connectivity index (χ3v) is 8.97. The zero-order valence-corrected chi connectivity index (χ0v) is 27.1. The largest absolute Gasteiger partial charge is 0.465 e. The molecule has 0 bridgehead atoms. The van der Waals surface area contributed by atoms with Crippen LogP contribution in [0.4, 0.5) is 4.79 Å². The topological polar surface area (TPSA) is 111 Å². The summed E-state index contributed by atoms with van der Waals surface area (Å²) in [5, 5.41) is 28.2. The van der Waals surface area contributed by atoms with E-state index in [1.54, 1.807) is 0 Å². The highest BCUT2D eigenvalue weighted by Gasteiger charge is 2.43. The first kappa shape index (κ1) is 34.4. The molecule has 242 valence electrons. The Morgan fingerprint density at radius 1 is 1.04 bits per heavy atom. The summed E-state index contributed by atoms with van der Waals surface area (Å²) in [5.74, 6) is -0.340. The van der Waals surface area contributed by atoms with Crippen molar-refractivity contribution in [3.8, 4) is 11.1 Å². The molecule has 3 aromatic rings. The van der Waals surface area contributed by atoms with Gasteiger partial charge in [0.25, 0.3) is 5.91 Å². The molecule has 45 heavy (non-hydrogen) atoms. The van der Waals surface area contributed by atoms with Gasteiger partial charge in [-0.15, -0.1) is 0 Å². The van der Waals surface area contributed by atoms with Crippen molar-refractivity contribution in [1.29, 1.82) is 0 Å². The molecule has 4 rings (SSSR count). The zero-order chi connectivity index (χ0) is 32.2. The molecule has 0 aliphatic carbocycles. The number of benzene rings is 3. The van der Waals surface area contributed by atoms with E-state index in [2.05, 4.69) is 29.7 Å². The van der Waals surface area contributed by atoms with Crippen molar-refractivity contribution in [3.05, 3.63) is 94.0 Å². The van der Waals surface area contributed by atoms with Gasteiger partial charge in [-0.3, -0.25) is 4.79 Å². The summed E-state index contributed by atoms with van der Waals surface area (Å²) in [4.78, 5) is 26.7. The van der Waals surface area contributed by atoms with Crippen molar-refractivity contribution in [2.75, 3.05) is 39.4 Å². The second-order valence-electron chi connectivity index (χ2n) is 11.6. The molecule has 1 aliphatic rings. The molecule has 0 aromatic heterocycles. The molecule has 4 N–H and O–H groups in total. The first-order valence-electron chi connectivity index (χ1n) is 16.0. The average Bonchev–Trinajstić information content (AvgIpc) is 3.06. The minimum absolute atomic E-state index is 0.0626. The Morgan fingerprint density at radius 3 is 2.56 bits per heavy atom. The number of piperidine rings is 1. The van der Waals surface area contributed by atoms with Crippen molar-refractivity contribution in [2.45, 2.75) is 58.1 Å². The Balaban J connectivity index is 1.59. The Labute approximate surface area is 271 Å². The highest BCUT2D eigenvalue weighted by atomic mass is 35.5. The van der Waals surface area contributed by atoms with Crippen LogP contribution in [0.5, 0.6) is 0 Å². The van der Waals surface area contributed by atoms with E-state index in [-0.39, 0.29) is 18.4 Å². The highest BCUT2D eigenvalue weighted by molar-refractivity contribution is 6.33. The smallest absolute Gasteiger partial charge is 0.404 e. The number of nitrogens with zero attached hydrogens (tertiary/aromatic N) is 1. The number of aryl methyl sites for hydroxylation is 1. The Bertz CT molecular complexity index is 1420. The van der Waals surface area contributed by atoms with Gasteiger partial charge in [-0.1, -0.05) is 67.1 Å². The minimum atomic E-state index is -1.35. The van der Waals surface area contributed by atoms with E-state index in [1.165, 1.54) is 0 Å². The predicted molar refractivity (Wildman–Crippen MR) is 179 cm³/mol. The number of nitrogens with one attached hydrogen (secondary N) is 2. The number of rotatable bonds is 15. The van der Waals surface area contributed by atoms with Gasteiger partial charge in [0.2, 0.25) is 0 Å². The summed E-state index contributed by atoms with van der Waals surface area (Å²) in [6.45, 7) is 8.08. The van der Waals surface area contributed by atoms with E-state index in [9.17, 15) is 14.7 Å². The number of carbonyl (C=O) groups is 2. The molecule has 1 saturated heterocycles. The molecule has 1 aliphatic heterocycles. The first-order valence-corrected chi connectivity index (χ1v) is 16.4. The molecule has 1 heterocycles. The normalized spacial score (nSPS) is 16.3. The Hall–Kier alpha value is -3.43. The lowest BCUT2D eigenvalue weighted by molar-refractivity contribution is -0.0563. The second-order valence-corrected chi connectivity index (χ2v) is 12.0. The number of amides is 2. The van der Waals surface area contributed by atoms with E-state index in [1.807, 2.05) is 66.4 Å². The van der Waals surface area contributed by atoms with Crippen molar-refractivity contribution in [2.24, 2.45) is 5.92 Å². The molecule has 2 amide bonds. The van der Waals surface area contributed by atoms with Crippen molar-refractivity contribution < 1.29 is 24.5 Å². The van der Waals surface area contributed by atoms with E-state index in [0.29, 0.717) is 61.8 Å². The maximum absolute atomic E-state index is 13.7. The number of hydrogen-bond donors (Lipinski definition) is 4. The monoisotopic (exact) mass is 635 g/mol. The van der Waals surface area contributed by atoms with Crippen LogP contribution in [0.25, 0.3) is 11.1 Å². The van der Waals surface area contributed by atoms with Gasteiger partial charge in [-0.2, -0.15) is 0 Å². The lowest BCUT2D eigenvalue weighted by Gasteiger charge is -2.44. The second kappa shape index (κ2) is 16.8. The van der Waals surface area contributed by atoms with Gasteiger partial charge in [0.1, 0.15) is 0 Å². The van der Waals surface area contributed by atoms with E-state index < -0.39 is 11.7 Å². The molecule has 2 atom stereocenters. The summed E-state index contributed by atoms with van der Waals surface area (Å²) in [6.07, 6.45) is 1.97. The van der Waals surface area contributed by atoms with Gasteiger partial charge >= 0.3 is 6.09 Å². The summed E-state index contributed by atoms with van der Waals surface area (Å²) in [5.41, 5.74) is 3.92. The van der Waals surface area contributed by atoms with Crippen LogP contribution in [0.2, 0.25) is 5.02 Å². The summed E-state index contributed by atoms with van der Waals surface area (Å²) >= 11 is 6.86. The molecule has 0 radical (unpaired) electrons. The molecule has 1 fully saturated rings. The van der Waals surface area contributed by atoms with Crippen molar-refractivity contribution in [1.82, 2.24) is 15.5 Å². The van der Waals surface area contributed by atoms with E-state index >= 15 is 0 Å². The van der Waals surface area contributed by atoms with Gasteiger partial charge in [0.15, 0.2) is 0 Å². The number of carbonyl (C=O) groups excluding carboxylic acids is 1. The fraction of sp³-hybridized carbons (Fsp3) is 0.444. The van der Waals surface area contributed by atoms with Crippen LogP contribution in [0.15, 0.2) is 66.7 Å². The first-order chi connectivity index (χ1) is 21.8. The summed E-state index contributed by atoms with van der Waals surface area (Å²) in [7, 11) is 0. The summed E-state index contributed by atoms with van der Waals surface area (Å²) in [6, 6.07) is 21.5. The number of halogens is 1. The fourth-order valence-electron chi connectivity index (χ4n) is 6.26. The average molecular weight is 636 g/mol. The van der Waals surface area contributed by atoms with Crippen molar-refractivity contribution >= 4 is 23.6 Å². The molecule has 0 spiro atoms. The highest BCUT2D eigenvalue weighted by Crippen LogP contribution is 2.45. The van der Waals surface area contributed by atoms with Crippen LogP contribution in [0.3, 0.4) is 0 Å². The summed E-state index contributed by atoms with van der Waals surface area (Å²) < 4.78 is 5.37. The molecule has 8 nitrogen and oxygen atoms in total. The van der Waals surface area contributed by atoms with Gasteiger partial charge in [-0.05, 0) is 79.5 Å². The molecule has 3 aromatic carbocycles. The maximum Gasteiger partial charge on any atom is 0.404 e. The number of carboxylic acid groups (broad SMARTS) is 1. The molecule has 0 saturated carbocycles. The van der Waals surface area contributed by atoms with Crippen LogP contribution in [0, 0.1) is 5.92 Å². The number of ether oxygens (including phenoxy) is 1. The van der Waals surface area contributed by atoms with E-state index in [4.69, 9.17) is 21.4 Å². The van der Waals surface area contributed by atoms with Crippen LogP contribution in [-0.4, -0.2) is 66.5 Å². The number of aliphatic hydroxyl groups is 1. The van der Waals surface area contributed by atoms with Gasteiger partial charge in [-0.25, -0.2) is 4.79 Å². The van der Waals surface area contributed by atoms with Crippen LogP contribution in [-0.2, 0) is 23.3 Å². The molecule has 9 heteroatoms. The Kier molecular flexibility index (Phi) is 12.8. The standard InChI is InChI=1S/C36H46ClN3O5/c1-3-26-9-5-10-29(23-26)33-31(12-6-13-32(33)37)36(44,18-8-19-39-35(42)43)30-11-7-21-40(25-30)34(41)28-16-14-27(15-17-28)24-38-20-22-45-4-2/h5-6,9-10,12-17,23,30,38-39,44H,3-4,7-8,11,18-22,24-25H2,1-2H3,(H,42,43)/t30-,36+/m1/s1. The van der Waals surface area contributed by atoms with Crippen LogP contribution < -0.4 is 10.6 Å². The van der Waals surface area contributed by atoms with Gasteiger partial charge in [0, 0.05) is 61.4 Å². The van der Waals surface area contributed by atoms with Gasteiger partial charge in [0.05, 0.1) is 12.2 Å². The van der Waals surface area contributed by atoms with E-state index in [0.717, 1.165) is 48.1 Å². The van der Waals surface area contributed by atoms with Crippen molar-refractivity contribution in [3.63, 3.8) is 0 Å². The number of likely N-dealkylation sites (tertiary alicyclic amines) is 1. The number of hydrogen-bond acceptors (Lipinski definition) is 5. The third kappa shape index (κ3) is 9.07. The predicted octanol–water partition coefficient (Wildman–Crippen LogP) is 6.48. The maximum atomic E-state index is 13.7. The molecule has 0 unspecified atom stereocenters. The lowest BCUT2D eigenvalue weighted by atomic mass is 9.72. The lowest BCUT2D eigenvalue weighted by Crippen LogP contribution is -2.48. The zero-order valence-electron chi connectivity index (χ0n) is 26.4. The SMILES string of the molecule is CCOCCNCc1ccc(C(=O)N2CCC[C@@H]([C@@](O)(CCCNC(=O)O)c3cccc(Cl)c3-c3cccc(CC)c3)C2)cc1. The van der Waals surface area contributed by atoms with Crippen LogP contribution >= 0.6 is 11.6 Å². The Morgan fingerprint density at radius 2 is 1.82 bits per heavy atom. The fourth-order valence-corrected chi connectivity index (χ4v) is 6.54. The third-order valence-electron chi connectivity index (χ3n) is 8.66.